The number of carbonyl (C=O) groups is 1. The lowest BCUT2D eigenvalue weighted by Crippen LogP contribution is -2.29. The molecule has 3 N–H and O–H groups in total. The van der Waals surface area contributed by atoms with E-state index in [1.54, 1.807) is 0 Å². The van der Waals surface area contributed by atoms with Gasteiger partial charge in [-0.2, -0.15) is 5.90 Å². The molecule has 14 heavy (non-hydrogen) atoms. The van der Waals surface area contributed by atoms with E-state index in [4.69, 9.17) is 0 Å². The van der Waals surface area contributed by atoms with Gasteiger partial charge in [0.15, 0.2) is 0 Å². The zero-order chi connectivity index (χ0) is 10.6. The van der Waals surface area contributed by atoms with Crippen molar-refractivity contribution in [1.29, 1.82) is 0 Å². The summed E-state index contributed by atoms with van der Waals surface area (Å²) in [6, 6.07) is 1.19. The van der Waals surface area contributed by atoms with E-state index in [9.17, 15) is 14.4 Å². The Morgan fingerprint density at radius 3 is 2.86 bits per heavy atom. The molecule has 0 bridgehead atoms. The Hall–Kier alpha value is -1.89. The zero-order valence-corrected chi connectivity index (χ0v) is 7.23. The first-order chi connectivity index (χ1) is 6.63. The Balaban J connectivity index is 2.73. The fourth-order valence-corrected chi connectivity index (χ4v) is 0.891. The third-order valence-corrected chi connectivity index (χ3v) is 1.59. The predicted octanol–water partition coefficient (Wildman–Crippen LogP) is -1.66. The number of nitrogens with two attached hydrogens (primary N) is 1. The van der Waals surface area contributed by atoms with Crippen molar-refractivity contribution in [1.82, 2.24) is 9.55 Å². The van der Waals surface area contributed by atoms with Crippen LogP contribution < -0.4 is 17.1 Å². The van der Waals surface area contributed by atoms with Crippen LogP contribution in [-0.2, 0) is 16.2 Å². The quantitative estimate of drug-likeness (QED) is 0.567. The largest absolute Gasteiger partial charge is 0.373 e. The summed E-state index contributed by atoms with van der Waals surface area (Å²) in [5.74, 6) is 3.98. The molecule has 1 heterocycles. The molecular formula is C7H9N3O4. The van der Waals surface area contributed by atoms with Crippen LogP contribution >= 0.6 is 0 Å². The van der Waals surface area contributed by atoms with E-state index < -0.39 is 17.2 Å². The fourth-order valence-electron chi connectivity index (χ4n) is 0.891. The van der Waals surface area contributed by atoms with Crippen LogP contribution in [0, 0.1) is 0 Å². The number of aryl methyl sites for hydroxylation is 1. The highest BCUT2D eigenvalue weighted by Crippen LogP contribution is 1.86. The summed E-state index contributed by atoms with van der Waals surface area (Å²) >= 11 is 0. The standard InChI is InChI=1S/C7H9N3O4/c8-14-6(12)2-4-10-3-1-5(11)9-7(10)13/h1,3H,2,4,8H2,(H,9,11,13). The minimum atomic E-state index is -0.622. The van der Waals surface area contributed by atoms with Gasteiger partial charge in [-0.25, -0.2) is 4.79 Å². The van der Waals surface area contributed by atoms with Gasteiger partial charge in [-0.15, -0.1) is 0 Å². The maximum Gasteiger partial charge on any atom is 0.328 e. The number of aromatic amines is 1. The molecule has 0 aliphatic heterocycles. The smallest absolute Gasteiger partial charge is 0.328 e. The highest BCUT2D eigenvalue weighted by Gasteiger charge is 2.02. The number of nitrogens with one attached hydrogen (secondary N) is 1. The number of H-pyrrole nitrogens is 1. The molecule has 0 radical (unpaired) electrons. The Bertz CT molecular complexity index is 433. The monoisotopic (exact) mass is 199 g/mol. The minimum Gasteiger partial charge on any atom is -0.373 e. The third-order valence-electron chi connectivity index (χ3n) is 1.59. The molecular weight excluding hydrogens is 190 g/mol. The lowest BCUT2D eigenvalue weighted by atomic mass is 10.4. The van der Waals surface area contributed by atoms with Gasteiger partial charge < -0.3 is 9.40 Å². The van der Waals surface area contributed by atoms with Crippen molar-refractivity contribution in [2.75, 3.05) is 0 Å². The molecule has 0 aromatic carbocycles. The van der Waals surface area contributed by atoms with Crippen molar-refractivity contribution in [2.45, 2.75) is 13.0 Å². The molecule has 0 aliphatic rings. The first-order valence-corrected chi connectivity index (χ1v) is 3.83. The van der Waals surface area contributed by atoms with Crippen molar-refractivity contribution >= 4 is 5.97 Å². The van der Waals surface area contributed by atoms with Crippen LogP contribution in [0.1, 0.15) is 6.42 Å². The van der Waals surface area contributed by atoms with E-state index in [1.165, 1.54) is 16.8 Å². The van der Waals surface area contributed by atoms with Gasteiger partial charge >= 0.3 is 11.7 Å². The summed E-state index contributed by atoms with van der Waals surface area (Å²) < 4.78 is 1.18. The van der Waals surface area contributed by atoms with Crippen LogP contribution in [0.25, 0.3) is 0 Å². The van der Waals surface area contributed by atoms with Gasteiger partial charge in [0.1, 0.15) is 0 Å². The summed E-state index contributed by atoms with van der Waals surface area (Å²) in [5.41, 5.74) is -1.05. The molecule has 0 atom stereocenters. The van der Waals surface area contributed by atoms with Crippen molar-refractivity contribution in [2.24, 2.45) is 5.90 Å². The highest BCUT2D eigenvalue weighted by atomic mass is 16.7. The van der Waals surface area contributed by atoms with Gasteiger partial charge in [0.2, 0.25) is 0 Å². The second-order valence-electron chi connectivity index (χ2n) is 2.54. The number of hydrogen-bond acceptors (Lipinski definition) is 5. The second kappa shape index (κ2) is 4.38. The molecule has 0 saturated carbocycles. The lowest BCUT2D eigenvalue weighted by Gasteiger charge is -2.01. The molecule has 0 saturated heterocycles. The van der Waals surface area contributed by atoms with E-state index >= 15 is 0 Å². The normalized spacial score (nSPS) is 9.79. The molecule has 1 aromatic heterocycles. The zero-order valence-electron chi connectivity index (χ0n) is 7.23. The molecule has 7 heteroatoms. The Labute approximate surface area is 78.1 Å². The number of hydrogen-bond donors (Lipinski definition) is 2. The number of carbonyl (C=O) groups excluding carboxylic acids is 1. The third kappa shape index (κ3) is 2.56. The van der Waals surface area contributed by atoms with E-state index in [2.05, 4.69) is 10.7 Å². The molecule has 7 nitrogen and oxygen atoms in total. The molecule has 0 unspecified atom stereocenters. The van der Waals surface area contributed by atoms with Gasteiger partial charge in [-0.3, -0.25) is 14.6 Å². The minimum absolute atomic E-state index is 0.0253. The van der Waals surface area contributed by atoms with Gasteiger partial charge in [0, 0.05) is 18.8 Å². The average Bonchev–Trinajstić information content (AvgIpc) is 2.16. The number of rotatable bonds is 3. The van der Waals surface area contributed by atoms with Crippen LogP contribution in [0.3, 0.4) is 0 Å². The second-order valence-corrected chi connectivity index (χ2v) is 2.54. The maximum atomic E-state index is 11.1. The predicted molar refractivity (Wildman–Crippen MR) is 46.2 cm³/mol. The van der Waals surface area contributed by atoms with Crippen LogP contribution in [0.15, 0.2) is 21.9 Å². The van der Waals surface area contributed by atoms with Crippen molar-refractivity contribution in [3.63, 3.8) is 0 Å². The Kier molecular flexibility index (Phi) is 3.19. The topological polar surface area (TPSA) is 107 Å². The van der Waals surface area contributed by atoms with Crippen LogP contribution in [-0.4, -0.2) is 15.5 Å². The van der Waals surface area contributed by atoms with Gasteiger partial charge in [-0.05, 0) is 0 Å². The SMILES string of the molecule is NOC(=O)CCn1ccc(=O)[nH]c1=O. The first-order valence-electron chi connectivity index (χ1n) is 3.83. The highest BCUT2D eigenvalue weighted by molar-refractivity contribution is 5.68. The van der Waals surface area contributed by atoms with Crippen molar-refractivity contribution in [3.8, 4) is 0 Å². The molecule has 0 spiro atoms. The van der Waals surface area contributed by atoms with E-state index in [0.29, 0.717) is 0 Å². The first kappa shape index (κ1) is 10.2. The summed E-state index contributed by atoms with van der Waals surface area (Å²) in [7, 11) is 0. The average molecular weight is 199 g/mol. The number of nitrogens with zero attached hydrogens (tertiary/aromatic N) is 1. The molecule has 0 aliphatic carbocycles. The molecule has 1 aromatic rings. The van der Waals surface area contributed by atoms with E-state index in [-0.39, 0.29) is 13.0 Å². The molecule has 0 amide bonds. The van der Waals surface area contributed by atoms with E-state index in [1.807, 2.05) is 4.98 Å². The van der Waals surface area contributed by atoms with Gasteiger partial charge in [-0.1, -0.05) is 0 Å². The molecule has 0 fully saturated rings. The molecule has 76 valence electrons. The maximum absolute atomic E-state index is 11.1. The Morgan fingerprint density at radius 1 is 1.57 bits per heavy atom. The van der Waals surface area contributed by atoms with Crippen molar-refractivity contribution in [3.05, 3.63) is 33.1 Å². The van der Waals surface area contributed by atoms with Crippen LogP contribution in [0.5, 0.6) is 0 Å². The van der Waals surface area contributed by atoms with E-state index in [0.717, 1.165) is 0 Å². The van der Waals surface area contributed by atoms with Crippen molar-refractivity contribution < 1.29 is 9.63 Å². The van der Waals surface area contributed by atoms with Gasteiger partial charge in [0.25, 0.3) is 5.56 Å². The summed E-state index contributed by atoms with van der Waals surface area (Å²) in [5, 5.41) is 0. The Morgan fingerprint density at radius 2 is 2.29 bits per heavy atom. The van der Waals surface area contributed by atoms with Crippen LogP contribution in [0.4, 0.5) is 0 Å². The van der Waals surface area contributed by atoms with Crippen LogP contribution in [0.2, 0.25) is 0 Å². The fraction of sp³-hybridized carbons (Fsp3) is 0.286. The summed E-state index contributed by atoms with van der Waals surface area (Å²) in [6.45, 7) is 0.117. The molecule has 1 rings (SSSR count). The summed E-state index contributed by atoms with van der Waals surface area (Å²) in [6.07, 6.45) is 1.27. The summed E-state index contributed by atoms with van der Waals surface area (Å²) in [4.78, 5) is 38.3. The number of aromatic nitrogens is 2. The lowest BCUT2D eigenvalue weighted by molar-refractivity contribution is -0.144. The van der Waals surface area contributed by atoms with Gasteiger partial charge in [0.05, 0.1) is 6.42 Å².